The smallest absolute Gasteiger partial charge is 0.425 e. The number of carboxylic acid groups (broad SMARTS) is 1. The number of carbonyl (C=O) groups excluding carboxylic acids is 2. The number of piperidine rings is 2. The van der Waals surface area contributed by atoms with Crippen LogP contribution in [-0.4, -0.2) is 75.1 Å². The highest BCUT2D eigenvalue weighted by atomic mass is 32.1. The Morgan fingerprint density at radius 2 is 1.77 bits per heavy atom. The highest BCUT2D eigenvalue weighted by molar-refractivity contribution is 7.10. The molecule has 4 heterocycles. The molecule has 0 radical (unpaired) electrons. The lowest BCUT2D eigenvalue weighted by Gasteiger charge is -2.51. The molecule has 1 N–H and O–H groups in total. The molecule has 2 fully saturated rings. The summed E-state index contributed by atoms with van der Waals surface area (Å²) in [4.78, 5) is 45.4. The van der Waals surface area contributed by atoms with Crippen molar-refractivity contribution in [2.45, 2.75) is 107 Å². The number of benzene rings is 1. The van der Waals surface area contributed by atoms with Gasteiger partial charge in [0, 0.05) is 55.7 Å². The maximum Gasteiger partial charge on any atom is 0.425 e. The number of hydrogen-bond donors (Lipinski definition) is 1. The van der Waals surface area contributed by atoms with Crippen molar-refractivity contribution < 1.29 is 55.3 Å². The zero-order valence-electron chi connectivity index (χ0n) is 30.8. The zero-order valence-corrected chi connectivity index (χ0v) is 31.6. The molecular formula is C39H42F6N4O6S. The van der Waals surface area contributed by atoms with Gasteiger partial charge in [0.1, 0.15) is 22.1 Å². The van der Waals surface area contributed by atoms with Gasteiger partial charge in [0.25, 0.3) is 11.8 Å². The average Bonchev–Trinajstić information content (AvgIpc) is 3.64. The summed E-state index contributed by atoms with van der Waals surface area (Å²) in [5, 5.41) is 20.7. The van der Waals surface area contributed by atoms with Crippen molar-refractivity contribution in [1.29, 1.82) is 5.26 Å². The molecule has 3 atom stereocenters. The monoisotopic (exact) mass is 808 g/mol. The number of nitriles is 1. The van der Waals surface area contributed by atoms with Crippen molar-refractivity contribution in [2.75, 3.05) is 19.6 Å². The molecule has 3 aromatic rings. The number of aromatic nitrogens is 1. The zero-order chi connectivity index (χ0) is 40.9. The number of hydrogen-bond acceptors (Lipinski definition) is 8. The number of nitrogens with zero attached hydrogens (tertiary/aromatic N) is 4. The second-order valence-electron chi connectivity index (χ2n) is 14.1. The van der Waals surface area contributed by atoms with E-state index in [0.717, 1.165) is 34.7 Å². The molecule has 302 valence electrons. The summed E-state index contributed by atoms with van der Waals surface area (Å²) in [7, 11) is 0. The Bertz CT molecular complexity index is 1920. The summed E-state index contributed by atoms with van der Waals surface area (Å²) < 4.78 is 95.9. The second-order valence-corrected chi connectivity index (χ2v) is 15.0. The SMILES string of the molecule is CCCC1N(C(=O)c2ncccc2C(F)(F)F)CCCC1(Oc1csc(C(F)(F)F)c1)C(=O)N1CCC(C#N)(c2ccccc2OC(C)CCCC(=O)O)CC1. The molecular weight excluding hydrogens is 767 g/mol. The van der Waals surface area contributed by atoms with Gasteiger partial charge in [0.2, 0.25) is 5.60 Å². The molecule has 2 aliphatic rings. The quantitative estimate of drug-likeness (QED) is 0.170. The lowest BCUT2D eigenvalue weighted by Crippen LogP contribution is -2.68. The van der Waals surface area contributed by atoms with Crippen molar-refractivity contribution in [3.05, 3.63) is 75.7 Å². The van der Waals surface area contributed by atoms with Crippen molar-refractivity contribution in [1.82, 2.24) is 14.8 Å². The summed E-state index contributed by atoms with van der Waals surface area (Å²) in [6, 6.07) is 10.7. The third kappa shape index (κ3) is 9.06. The van der Waals surface area contributed by atoms with Crippen LogP contribution in [0, 0.1) is 11.3 Å². The molecule has 2 aliphatic heterocycles. The van der Waals surface area contributed by atoms with Gasteiger partial charge in [0.05, 0.1) is 29.2 Å². The Morgan fingerprint density at radius 1 is 1.05 bits per heavy atom. The van der Waals surface area contributed by atoms with Gasteiger partial charge < -0.3 is 24.4 Å². The minimum absolute atomic E-state index is 0.00267. The summed E-state index contributed by atoms with van der Waals surface area (Å²) in [6.07, 6.45) is -7.46. The largest absolute Gasteiger partial charge is 0.490 e. The van der Waals surface area contributed by atoms with E-state index < -0.39 is 63.3 Å². The molecule has 1 aromatic carbocycles. The molecule has 5 rings (SSSR count). The van der Waals surface area contributed by atoms with Gasteiger partial charge in [-0.1, -0.05) is 31.5 Å². The highest BCUT2D eigenvalue weighted by Crippen LogP contribution is 2.45. The molecule has 0 saturated carbocycles. The van der Waals surface area contributed by atoms with E-state index >= 15 is 0 Å². The van der Waals surface area contributed by atoms with Gasteiger partial charge in [-0.25, -0.2) is 0 Å². The third-order valence-corrected chi connectivity index (χ3v) is 11.3. The normalized spacial score (nSPS) is 20.5. The molecule has 0 bridgehead atoms. The number of likely N-dealkylation sites (tertiary alicyclic amines) is 2. The van der Waals surface area contributed by atoms with Crippen LogP contribution in [0.25, 0.3) is 0 Å². The van der Waals surface area contributed by atoms with Crippen molar-refractivity contribution in [2.24, 2.45) is 0 Å². The van der Waals surface area contributed by atoms with Crippen LogP contribution < -0.4 is 9.47 Å². The van der Waals surface area contributed by atoms with Crippen molar-refractivity contribution in [3.8, 4) is 17.6 Å². The summed E-state index contributed by atoms with van der Waals surface area (Å²) >= 11 is 0.361. The van der Waals surface area contributed by atoms with Gasteiger partial charge in [0.15, 0.2) is 0 Å². The maximum absolute atomic E-state index is 15.0. The van der Waals surface area contributed by atoms with E-state index in [1.165, 1.54) is 4.90 Å². The predicted octanol–water partition coefficient (Wildman–Crippen LogP) is 8.51. The minimum Gasteiger partial charge on any atom is -0.490 e. The van der Waals surface area contributed by atoms with Crippen LogP contribution in [0.5, 0.6) is 11.5 Å². The molecule has 0 aliphatic carbocycles. The Balaban J connectivity index is 1.49. The fourth-order valence-corrected chi connectivity index (χ4v) is 8.33. The first-order valence-electron chi connectivity index (χ1n) is 18.3. The Kier molecular flexibility index (Phi) is 12.9. The molecule has 10 nitrogen and oxygen atoms in total. The molecule has 17 heteroatoms. The van der Waals surface area contributed by atoms with Gasteiger partial charge >= 0.3 is 18.3 Å². The number of pyridine rings is 1. The number of carbonyl (C=O) groups is 3. The lowest BCUT2D eigenvalue weighted by atomic mass is 9.72. The van der Waals surface area contributed by atoms with Gasteiger partial charge in [-0.3, -0.25) is 19.4 Å². The van der Waals surface area contributed by atoms with E-state index in [1.807, 2.05) is 0 Å². The standard InChI is InChI=1S/C39H42F6N4O6S/c1-3-9-30-37(55-26-22-31(56-23-26)39(43,44)45,15-8-19-49(30)34(52)33-28(38(40,41)42)12-7-18-47-33)35(53)48-20-16-36(24-46,17-21-48)27-11-4-5-13-29(27)54-25(2)10-6-14-32(50)51/h4-5,7,11-13,18,22-23,25,30H,3,6,8-10,14-17,19-21H2,1-2H3,(H,50,51). The lowest BCUT2D eigenvalue weighted by molar-refractivity contribution is -0.160. The number of alkyl halides is 6. The van der Waals surface area contributed by atoms with Crippen LogP contribution >= 0.6 is 11.3 Å². The fraction of sp³-hybridized carbons (Fsp3) is 0.513. The van der Waals surface area contributed by atoms with E-state index in [1.54, 1.807) is 38.1 Å². The Hall–Kier alpha value is -4.85. The number of thiophene rings is 1. The van der Waals surface area contributed by atoms with E-state index in [4.69, 9.17) is 14.6 Å². The van der Waals surface area contributed by atoms with E-state index in [9.17, 15) is 46.0 Å². The number of halogens is 6. The highest BCUT2D eigenvalue weighted by Gasteiger charge is 2.57. The molecule has 3 unspecified atom stereocenters. The number of aliphatic carboxylic acids is 1. The maximum atomic E-state index is 15.0. The second kappa shape index (κ2) is 17.1. The van der Waals surface area contributed by atoms with Gasteiger partial charge in [-0.2, -0.15) is 31.6 Å². The molecule has 56 heavy (non-hydrogen) atoms. The van der Waals surface area contributed by atoms with Crippen molar-refractivity contribution >= 4 is 29.1 Å². The third-order valence-electron chi connectivity index (χ3n) is 10.4. The van der Waals surface area contributed by atoms with Crippen molar-refractivity contribution in [3.63, 3.8) is 0 Å². The van der Waals surface area contributed by atoms with Crippen LogP contribution in [0.4, 0.5) is 26.3 Å². The van der Waals surface area contributed by atoms with E-state index in [0.29, 0.717) is 41.9 Å². The molecule has 2 aromatic heterocycles. The van der Waals surface area contributed by atoms with E-state index in [2.05, 4.69) is 11.1 Å². The average molecular weight is 809 g/mol. The molecule has 2 amide bonds. The number of amides is 2. The first-order valence-corrected chi connectivity index (χ1v) is 19.2. The minimum atomic E-state index is -4.92. The summed E-state index contributed by atoms with van der Waals surface area (Å²) in [5.74, 6) is -2.51. The van der Waals surface area contributed by atoms with Crippen LogP contribution in [0.1, 0.15) is 98.1 Å². The Labute approximate surface area is 324 Å². The Morgan fingerprint density at radius 3 is 2.39 bits per heavy atom. The first kappa shape index (κ1) is 42.3. The van der Waals surface area contributed by atoms with Crippen LogP contribution in [0.3, 0.4) is 0 Å². The topological polar surface area (TPSA) is 133 Å². The van der Waals surface area contributed by atoms with Crippen LogP contribution in [0.15, 0.2) is 54.0 Å². The summed E-state index contributed by atoms with van der Waals surface area (Å²) in [5.41, 5.74) is -4.67. The van der Waals surface area contributed by atoms with Gasteiger partial charge in [-0.05, 0) is 63.6 Å². The number of para-hydroxylation sites is 1. The molecule has 0 spiro atoms. The number of ether oxygens (including phenoxy) is 2. The number of carboxylic acids is 1. The van der Waals surface area contributed by atoms with Gasteiger partial charge in [-0.15, -0.1) is 11.3 Å². The molecule has 2 saturated heterocycles. The fourth-order valence-electron chi connectivity index (χ4n) is 7.66. The summed E-state index contributed by atoms with van der Waals surface area (Å²) in [6.45, 7) is 3.49. The predicted molar refractivity (Wildman–Crippen MR) is 192 cm³/mol. The van der Waals surface area contributed by atoms with Crippen LogP contribution in [0.2, 0.25) is 0 Å². The van der Waals surface area contributed by atoms with E-state index in [-0.39, 0.29) is 70.0 Å². The number of rotatable bonds is 13. The van der Waals surface area contributed by atoms with Crippen LogP contribution in [-0.2, 0) is 27.4 Å². The first-order chi connectivity index (χ1) is 26.5.